The summed E-state index contributed by atoms with van der Waals surface area (Å²) in [6, 6.07) is 11.8. The Hall–Kier alpha value is -2.98. The maximum atomic E-state index is 9.95. The summed E-state index contributed by atoms with van der Waals surface area (Å²) >= 11 is 0. The van der Waals surface area contributed by atoms with Crippen molar-refractivity contribution in [3.8, 4) is 28.7 Å². The van der Waals surface area contributed by atoms with Crippen molar-refractivity contribution < 1.29 is 10.2 Å². The monoisotopic (exact) mass is 264 g/mol. The van der Waals surface area contributed by atoms with Crippen molar-refractivity contribution in [2.75, 3.05) is 0 Å². The lowest BCUT2D eigenvalue weighted by molar-refractivity contribution is 0.469. The van der Waals surface area contributed by atoms with Crippen molar-refractivity contribution in [2.45, 2.75) is 13.0 Å². The fourth-order valence-corrected chi connectivity index (χ4v) is 1.99. The Balaban J connectivity index is 2.55. The zero-order chi connectivity index (χ0) is 14.5. The minimum atomic E-state index is 0.0296. The minimum Gasteiger partial charge on any atom is -0.507 e. The third kappa shape index (κ3) is 2.71. The number of hydrogen-bond donors (Lipinski definition) is 2. The van der Waals surface area contributed by atoms with Gasteiger partial charge >= 0.3 is 0 Å². The van der Waals surface area contributed by atoms with E-state index < -0.39 is 0 Å². The Bertz CT molecular complexity index is 661. The van der Waals surface area contributed by atoms with E-state index in [-0.39, 0.29) is 24.5 Å². The van der Waals surface area contributed by atoms with E-state index in [0.29, 0.717) is 11.1 Å². The molecule has 2 rings (SSSR count). The maximum absolute atomic E-state index is 9.95. The summed E-state index contributed by atoms with van der Waals surface area (Å²) in [5, 5.41) is 28.6. The highest BCUT2D eigenvalue weighted by molar-refractivity contribution is 5.76. The molecule has 0 fully saturated rings. The summed E-state index contributed by atoms with van der Waals surface area (Å²) in [4.78, 5) is 3.30. The highest BCUT2D eigenvalue weighted by atomic mass is 16.3. The fourth-order valence-electron chi connectivity index (χ4n) is 1.99. The molecule has 0 aliphatic heterocycles. The quantitative estimate of drug-likeness (QED) is 0.836. The molecule has 0 spiro atoms. The molecule has 0 unspecified atom stereocenters. The Morgan fingerprint density at radius 1 is 1.00 bits per heavy atom. The van der Waals surface area contributed by atoms with E-state index in [2.05, 4.69) is 4.85 Å². The van der Waals surface area contributed by atoms with E-state index in [1.165, 1.54) is 12.1 Å². The average Bonchev–Trinajstić information content (AvgIpc) is 2.44. The molecule has 0 atom stereocenters. The van der Waals surface area contributed by atoms with Gasteiger partial charge in [0.1, 0.15) is 11.5 Å². The Labute approximate surface area is 117 Å². The van der Waals surface area contributed by atoms with Crippen LogP contribution in [0.4, 0.5) is 0 Å². The molecule has 0 saturated heterocycles. The number of aromatic hydroxyl groups is 2. The summed E-state index contributed by atoms with van der Waals surface area (Å²) in [7, 11) is 0. The third-order valence-corrected chi connectivity index (χ3v) is 2.96. The number of nitriles is 1. The first-order valence-electron chi connectivity index (χ1n) is 6.00. The zero-order valence-electron chi connectivity index (χ0n) is 10.7. The molecule has 2 aromatic rings. The number of hydrogen-bond acceptors (Lipinski definition) is 3. The van der Waals surface area contributed by atoms with Gasteiger partial charge in [-0.05, 0) is 35.9 Å². The molecule has 0 aromatic heterocycles. The average molecular weight is 264 g/mol. The van der Waals surface area contributed by atoms with Gasteiger partial charge in [0.15, 0.2) is 0 Å². The highest BCUT2D eigenvalue weighted by Crippen LogP contribution is 2.36. The second kappa shape index (κ2) is 5.77. The van der Waals surface area contributed by atoms with E-state index >= 15 is 0 Å². The number of nitrogens with zero attached hydrogens (tertiary/aromatic N) is 2. The molecular formula is C16H12N2O2. The van der Waals surface area contributed by atoms with Crippen LogP contribution in [0.2, 0.25) is 0 Å². The molecule has 0 heterocycles. The second-order valence-corrected chi connectivity index (χ2v) is 4.35. The molecule has 0 saturated carbocycles. The van der Waals surface area contributed by atoms with E-state index in [1.807, 2.05) is 6.07 Å². The van der Waals surface area contributed by atoms with Gasteiger partial charge in [-0.3, -0.25) is 0 Å². The van der Waals surface area contributed by atoms with Crippen LogP contribution < -0.4 is 0 Å². The number of phenols is 2. The van der Waals surface area contributed by atoms with E-state index in [9.17, 15) is 10.2 Å². The number of rotatable bonds is 3. The van der Waals surface area contributed by atoms with Crippen molar-refractivity contribution in [1.29, 1.82) is 5.26 Å². The Morgan fingerprint density at radius 3 is 2.10 bits per heavy atom. The van der Waals surface area contributed by atoms with Gasteiger partial charge in [0.05, 0.1) is 12.5 Å². The molecule has 0 amide bonds. The van der Waals surface area contributed by atoms with Crippen molar-refractivity contribution in [3.05, 3.63) is 58.9 Å². The van der Waals surface area contributed by atoms with Crippen molar-refractivity contribution in [3.63, 3.8) is 0 Å². The van der Waals surface area contributed by atoms with E-state index in [0.717, 1.165) is 11.1 Å². The van der Waals surface area contributed by atoms with Crippen molar-refractivity contribution >= 4 is 0 Å². The summed E-state index contributed by atoms with van der Waals surface area (Å²) < 4.78 is 0. The minimum absolute atomic E-state index is 0.0296. The Morgan fingerprint density at radius 2 is 1.55 bits per heavy atom. The van der Waals surface area contributed by atoms with Gasteiger partial charge in [-0.25, -0.2) is 6.57 Å². The topological polar surface area (TPSA) is 68.6 Å². The van der Waals surface area contributed by atoms with Crippen LogP contribution in [0.1, 0.15) is 11.1 Å². The van der Waals surface area contributed by atoms with Gasteiger partial charge in [-0.2, -0.15) is 5.26 Å². The first kappa shape index (κ1) is 13.5. The molecule has 0 radical (unpaired) electrons. The zero-order valence-corrected chi connectivity index (χ0v) is 10.7. The predicted molar refractivity (Wildman–Crippen MR) is 74.8 cm³/mol. The van der Waals surface area contributed by atoms with Gasteiger partial charge in [0.25, 0.3) is 0 Å². The molecule has 2 aromatic carbocycles. The van der Waals surface area contributed by atoms with Crippen LogP contribution in [0.3, 0.4) is 0 Å². The molecular weight excluding hydrogens is 252 g/mol. The molecule has 4 nitrogen and oxygen atoms in total. The molecule has 98 valence electrons. The number of phenolic OH excluding ortho intramolecular Hbond substituents is 2. The van der Waals surface area contributed by atoms with Crippen LogP contribution in [0.5, 0.6) is 11.5 Å². The van der Waals surface area contributed by atoms with Crippen LogP contribution in [0.15, 0.2) is 36.4 Å². The van der Waals surface area contributed by atoms with Gasteiger partial charge in [0.2, 0.25) is 6.54 Å². The number of benzene rings is 2. The van der Waals surface area contributed by atoms with E-state index in [1.54, 1.807) is 24.3 Å². The molecule has 4 heteroatoms. The normalized spacial score (nSPS) is 9.70. The van der Waals surface area contributed by atoms with Gasteiger partial charge in [-0.1, -0.05) is 6.07 Å². The Kier molecular flexibility index (Phi) is 3.88. The van der Waals surface area contributed by atoms with Crippen molar-refractivity contribution in [1.82, 2.24) is 0 Å². The summed E-state index contributed by atoms with van der Waals surface area (Å²) in [5.74, 6) is 0.0603. The highest BCUT2D eigenvalue weighted by Gasteiger charge is 2.11. The van der Waals surface area contributed by atoms with E-state index in [4.69, 9.17) is 11.8 Å². The summed E-state index contributed by atoms with van der Waals surface area (Å²) in [5.41, 5.74) is 2.44. The largest absolute Gasteiger partial charge is 0.507 e. The van der Waals surface area contributed by atoms with Crippen LogP contribution in [0.25, 0.3) is 16.0 Å². The smallest absolute Gasteiger partial charge is 0.239 e. The lowest BCUT2D eigenvalue weighted by Crippen LogP contribution is -1.88. The second-order valence-electron chi connectivity index (χ2n) is 4.35. The summed E-state index contributed by atoms with van der Waals surface area (Å²) in [6.07, 6.45) is 0.232. The van der Waals surface area contributed by atoms with Crippen LogP contribution in [-0.2, 0) is 13.0 Å². The molecule has 0 bridgehead atoms. The van der Waals surface area contributed by atoms with Crippen LogP contribution in [-0.4, -0.2) is 10.2 Å². The van der Waals surface area contributed by atoms with Crippen molar-refractivity contribution in [2.24, 2.45) is 0 Å². The van der Waals surface area contributed by atoms with Gasteiger partial charge in [-0.15, -0.1) is 0 Å². The molecule has 0 aliphatic carbocycles. The lowest BCUT2D eigenvalue weighted by atomic mass is 9.98. The summed E-state index contributed by atoms with van der Waals surface area (Å²) in [6.45, 7) is 7.09. The predicted octanol–water partition coefficient (Wildman–Crippen LogP) is 3.25. The standard InChI is InChI=1S/C16H12N2O2/c1-18-10-12-3-5-16(20)14(9-12)13-8-11(6-7-17)2-4-15(13)19/h2-5,8-9,19-20H,6,10H2. The van der Waals surface area contributed by atoms with Gasteiger partial charge < -0.3 is 15.1 Å². The molecule has 20 heavy (non-hydrogen) atoms. The first-order chi connectivity index (χ1) is 9.65. The van der Waals surface area contributed by atoms with Crippen LogP contribution >= 0.6 is 0 Å². The molecule has 2 N–H and O–H groups in total. The SMILES string of the molecule is [C-]#[N+]Cc1ccc(O)c(-c2cc(CC#N)ccc2O)c1. The fraction of sp³-hybridized carbons (Fsp3) is 0.125. The molecule has 0 aliphatic rings. The lowest BCUT2D eigenvalue weighted by Gasteiger charge is -2.09. The third-order valence-electron chi connectivity index (χ3n) is 2.96. The first-order valence-corrected chi connectivity index (χ1v) is 6.00. The van der Waals surface area contributed by atoms with Crippen LogP contribution in [0, 0.1) is 17.9 Å². The maximum Gasteiger partial charge on any atom is 0.239 e. The van der Waals surface area contributed by atoms with Gasteiger partial charge in [0, 0.05) is 16.7 Å².